The molecule has 1 N–H and O–H groups in total. The highest BCUT2D eigenvalue weighted by Gasteiger charge is 2.42. The van der Waals surface area contributed by atoms with Gasteiger partial charge in [-0.2, -0.15) is 0 Å². The van der Waals surface area contributed by atoms with Gasteiger partial charge in [-0.05, 0) is 56.1 Å². The summed E-state index contributed by atoms with van der Waals surface area (Å²) in [5, 5.41) is -1.91. The fourth-order valence-corrected chi connectivity index (χ4v) is 14.0. The molecule has 188 valence electrons. The Morgan fingerprint density at radius 3 is 1.88 bits per heavy atom. The molecule has 0 aromatic heterocycles. The van der Waals surface area contributed by atoms with Crippen molar-refractivity contribution in [3.8, 4) is 0 Å². The van der Waals surface area contributed by atoms with Gasteiger partial charge in [0.25, 0.3) is 0 Å². The zero-order valence-electron chi connectivity index (χ0n) is 19.8. The van der Waals surface area contributed by atoms with Crippen molar-refractivity contribution >= 4 is 29.5 Å². The monoisotopic (exact) mass is 519 g/mol. The Kier molecular flexibility index (Phi) is 8.34. The van der Waals surface area contributed by atoms with E-state index >= 15 is 0 Å². The van der Waals surface area contributed by atoms with Crippen molar-refractivity contribution in [3.05, 3.63) is 39.3 Å². The van der Waals surface area contributed by atoms with Crippen molar-refractivity contribution in [3.63, 3.8) is 0 Å². The van der Waals surface area contributed by atoms with E-state index in [0.717, 1.165) is 18.5 Å². The second-order valence-electron chi connectivity index (χ2n) is 9.97. The standard InChI is InChI=1S/C23H36NO6S3/c1-24(2)17-18-8-7-9-20(16-18)19-12-14-22(15-13-19)33(29,30)23(31(3,25)26)32(27,28)21-10-5-4-6-11-21/h7-9,16,19,21-22H,4-6,10-15,17H2,1-3H3/q-1/p+1. The molecule has 10 heteroatoms. The van der Waals surface area contributed by atoms with Crippen LogP contribution in [0.25, 0.3) is 0 Å². The van der Waals surface area contributed by atoms with Crippen LogP contribution in [0.2, 0.25) is 0 Å². The fourth-order valence-electron chi connectivity index (χ4n) is 5.30. The summed E-state index contributed by atoms with van der Waals surface area (Å²) in [5.41, 5.74) is 2.38. The minimum atomic E-state index is -4.48. The predicted molar refractivity (Wildman–Crippen MR) is 131 cm³/mol. The minimum absolute atomic E-state index is 0.185. The van der Waals surface area contributed by atoms with Crippen LogP contribution in [0, 0.1) is 3.91 Å². The number of nitrogens with one attached hydrogen (secondary N) is 1. The Morgan fingerprint density at radius 1 is 0.818 bits per heavy atom. The van der Waals surface area contributed by atoms with E-state index in [2.05, 4.69) is 32.3 Å². The highest BCUT2D eigenvalue weighted by atomic mass is 32.3. The average molecular weight is 520 g/mol. The highest BCUT2D eigenvalue weighted by molar-refractivity contribution is 8.29. The van der Waals surface area contributed by atoms with E-state index in [0.29, 0.717) is 44.8 Å². The Labute approximate surface area is 199 Å². The summed E-state index contributed by atoms with van der Waals surface area (Å²) in [6, 6.07) is 8.31. The number of hydrogen-bond donors (Lipinski definition) is 1. The Bertz CT molecular complexity index is 1130. The normalized spacial score (nSPS) is 23.8. The van der Waals surface area contributed by atoms with Crippen LogP contribution in [0.5, 0.6) is 0 Å². The molecule has 0 spiro atoms. The molecular formula is C23H37NO6S3. The van der Waals surface area contributed by atoms with Gasteiger partial charge in [-0.3, -0.25) is 25.3 Å². The maximum absolute atomic E-state index is 13.4. The Morgan fingerprint density at radius 2 is 1.36 bits per heavy atom. The van der Waals surface area contributed by atoms with Crippen molar-refractivity contribution in [2.24, 2.45) is 0 Å². The summed E-state index contributed by atoms with van der Waals surface area (Å²) in [7, 11) is -9.17. The Balaban J connectivity index is 1.80. The molecule has 0 atom stereocenters. The molecule has 0 amide bonds. The summed E-state index contributed by atoms with van der Waals surface area (Å²) in [4.78, 5) is 1.31. The van der Waals surface area contributed by atoms with E-state index < -0.39 is 43.9 Å². The van der Waals surface area contributed by atoms with E-state index in [9.17, 15) is 25.3 Å². The summed E-state index contributed by atoms with van der Waals surface area (Å²) >= 11 is 0. The minimum Gasteiger partial charge on any atom is -0.336 e. The summed E-state index contributed by atoms with van der Waals surface area (Å²) < 4.78 is 77.2. The third-order valence-corrected chi connectivity index (χ3v) is 15.7. The number of quaternary nitrogens is 1. The van der Waals surface area contributed by atoms with Crippen LogP contribution in [-0.2, 0) is 36.1 Å². The molecule has 0 aliphatic heterocycles. The van der Waals surface area contributed by atoms with Gasteiger partial charge in [0.15, 0.2) is 0 Å². The van der Waals surface area contributed by atoms with Crippen molar-refractivity contribution in [1.29, 1.82) is 0 Å². The summed E-state index contributed by atoms with van der Waals surface area (Å²) in [6.07, 6.45) is 5.25. The van der Waals surface area contributed by atoms with Crippen LogP contribution in [0.15, 0.2) is 24.3 Å². The smallest absolute Gasteiger partial charge is 0.102 e. The lowest BCUT2D eigenvalue weighted by Crippen LogP contribution is -3.04. The maximum atomic E-state index is 13.4. The first-order chi connectivity index (χ1) is 15.3. The second-order valence-corrected chi connectivity index (χ2v) is 17.0. The number of sulfone groups is 3. The molecule has 0 bridgehead atoms. The zero-order valence-corrected chi connectivity index (χ0v) is 22.2. The van der Waals surface area contributed by atoms with Crippen LogP contribution in [0.1, 0.15) is 74.8 Å². The molecule has 0 unspecified atom stereocenters. The van der Waals surface area contributed by atoms with Gasteiger partial charge >= 0.3 is 0 Å². The molecule has 1 aromatic carbocycles. The summed E-state index contributed by atoms with van der Waals surface area (Å²) in [6.45, 7) is 0.892. The van der Waals surface area contributed by atoms with Gasteiger partial charge in [0.2, 0.25) is 0 Å². The lowest BCUT2D eigenvalue weighted by Gasteiger charge is -2.39. The molecule has 3 rings (SSSR count). The van der Waals surface area contributed by atoms with Gasteiger partial charge in [0.1, 0.15) is 6.54 Å². The first-order valence-corrected chi connectivity index (χ1v) is 16.7. The average Bonchev–Trinajstić information content (AvgIpc) is 2.73. The Hall–Kier alpha value is -0.970. The fraction of sp³-hybridized carbons (Fsp3) is 0.696. The molecule has 2 saturated carbocycles. The van der Waals surface area contributed by atoms with Gasteiger partial charge in [0.05, 0.1) is 43.6 Å². The highest BCUT2D eigenvalue weighted by Crippen LogP contribution is 2.42. The summed E-state index contributed by atoms with van der Waals surface area (Å²) in [5.74, 6) is 0.185. The molecule has 2 aliphatic rings. The van der Waals surface area contributed by atoms with Crippen LogP contribution in [0.3, 0.4) is 0 Å². The second kappa shape index (κ2) is 10.3. The topological polar surface area (TPSA) is 107 Å². The first-order valence-electron chi connectivity index (χ1n) is 11.8. The lowest BCUT2D eigenvalue weighted by molar-refractivity contribution is -0.872. The van der Waals surface area contributed by atoms with Gasteiger partial charge in [0, 0.05) is 26.2 Å². The molecule has 0 saturated heterocycles. The number of benzene rings is 1. The van der Waals surface area contributed by atoms with Gasteiger partial charge in [-0.1, -0.05) is 37.5 Å². The third kappa shape index (κ3) is 6.18. The van der Waals surface area contributed by atoms with E-state index in [-0.39, 0.29) is 18.8 Å². The quantitative estimate of drug-likeness (QED) is 0.527. The van der Waals surface area contributed by atoms with Crippen molar-refractivity contribution in [2.75, 3.05) is 20.4 Å². The number of rotatable bonds is 8. The van der Waals surface area contributed by atoms with Gasteiger partial charge in [-0.15, -0.1) is 0 Å². The van der Waals surface area contributed by atoms with E-state index in [1.807, 2.05) is 6.07 Å². The molecule has 1 aromatic rings. The SMILES string of the molecule is C[NH+](C)Cc1cccc(C2CCC(S(=O)(=O)[C-](S(C)(=O)=O)S(=O)(=O)C3CCCCC3)CC2)c1. The van der Waals surface area contributed by atoms with Crippen LogP contribution < -0.4 is 4.90 Å². The molecule has 33 heavy (non-hydrogen) atoms. The zero-order chi connectivity index (χ0) is 24.4. The van der Waals surface area contributed by atoms with Crippen molar-refractivity contribution in [1.82, 2.24) is 0 Å². The van der Waals surface area contributed by atoms with E-state index in [1.165, 1.54) is 10.5 Å². The van der Waals surface area contributed by atoms with E-state index in [1.54, 1.807) is 0 Å². The largest absolute Gasteiger partial charge is 0.336 e. The lowest BCUT2D eigenvalue weighted by atomic mass is 9.83. The molecule has 2 fully saturated rings. The van der Waals surface area contributed by atoms with Crippen molar-refractivity contribution < 1.29 is 30.2 Å². The van der Waals surface area contributed by atoms with Gasteiger partial charge in [-0.25, -0.2) is 0 Å². The van der Waals surface area contributed by atoms with Crippen LogP contribution in [0.4, 0.5) is 0 Å². The first kappa shape index (κ1) is 26.6. The molecule has 0 heterocycles. The van der Waals surface area contributed by atoms with Crippen molar-refractivity contribution in [2.45, 2.75) is 80.7 Å². The molecule has 7 nitrogen and oxygen atoms in total. The predicted octanol–water partition coefficient (Wildman–Crippen LogP) is 2.01. The number of hydrogen-bond acceptors (Lipinski definition) is 6. The third-order valence-electron chi connectivity index (χ3n) is 6.85. The maximum Gasteiger partial charge on any atom is 0.102 e. The van der Waals surface area contributed by atoms with E-state index in [4.69, 9.17) is 0 Å². The van der Waals surface area contributed by atoms with Gasteiger partial charge < -0.3 is 4.90 Å². The van der Waals surface area contributed by atoms with Crippen LogP contribution in [-0.4, -0.2) is 56.1 Å². The van der Waals surface area contributed by atoms with Crippen LogP contribution >= 0.6 is 0 Å². The molecule has 2 aliphatic carbocycles. The molecular weight excluding hydrogens is 482 g/mol. The molecule has 0 radical (unpaired) electrons.